The molecule has 2 N–H and O–H groups in total. The zero-order chi connectivity index (χ0) is 31.7. The van der Waals surface area contributed by atoms with E-state index in [1.54, 1.807) is 30.1 Å². The molecule has 11 heteroatoms. The number of aromatic nitrogens is 1. The Morgan fingerprint density at radius 2 is 1.77 bits per heavy atom. The number of carbonyl (C=O) groups is 2. The van der Waals surface area contributed by atoms with Crippen molar-refractivity contribution in [3.63, 3.8) is 0 Å². The van der Waals surface area contributed by atoms with Crippen LogP contribution >= 0.6 is 11.8 Å². The number of hydrogen-bond acceptors (Lipinski definition) is 8. The molecule has 9 nitrogen and oxygen atoms in total. The van der Waals surface area contributed by atoms with Gasteiger partial charge in [0.1, 0.15) is 22.0 Å². The summed E-state index contributed by atoms with van der Waals surface area (Å²) < 4.78 is 35.7. The SMILES string of the molecule is CCSCC(OCc1ccc(C(=O)NC(CCS(C)(=O)=O)C(=O)O)c(-c2ccccc2C)c1)c1cnc(-c2ccccc2)o1. The minimum Gasteiger partial charge on any atom is -0.480 e. The summed E-state index contributed by atoms with van der Waals surface area (Å²) in [7, 11) is -3.41. The monoisotopic (exact) mass is 636 g/mol. The lowest BCUT2D eigenvalue weighted by atomic mass is 9.93. The van der Waals surface area contributed by atoms with Crippen LogP contribution in [-0.4, -0.2) is 59.9 Å². The third-order valence-corrected chi connectivity index (χ3v) is 8.85. The molecule has 1 heterocycles. The number of thioether (sulfide) groups is 1. The molecule has 0 saturated heterocycles. The third-order valence-electron chi connectivity index (χ3n) is 6.93. The molecule has 2 atom stereocenters. The van der Waals surface area contributed by atoms with E-state index in [1.807, 2.05) is 67.6 Å². The van der Waals surface area contributed by atoms with E-state index in [0.717, 1.165) is 34.3 Å². The molecule has 2 unspecified atom stereocenters. The average Bonchev–Trinajstić information content (AvgIpc) is 3.49. The van der Waals surface area contributed by atoms with Crippen LogP contribution in [0.2, 0.25) is 0 Å². The molecule has 0 spiro atoms. The number of oxazole rings is 1. The maximum absolute atomic E-state index is 13.4. The van der Waals surface area contributed by atoms with Gasteiger partial charge in [-0.3, -0.25) is 4.79 Å². The van der Waals surface area contributed by atoms with Gasteiger partial charge in [-0.2, -0.15) is 11.8 Å². The second-order valence-corrected chi connectivity index (χ2v) is 13.9. The number of carboxylic acids is 1. The summed E-state index contributed by atoms with van der Waals surface area (Å²) in [6.45, 7) is 4.23. The zero-order valence-electron chi connectivity index (χ0n) is 24.9. The molecule has 1 aromatic heterocycles. The zero-order valence-corrected chi connectivity index (χ0v) is 26.5. The molecule has 0 aliphatic carbocycles. The second-order valence-electron chi connectivity index (χ2n) is 10.4. The number of hydrogen-bond donors (Lipinski definition) is 2. The molecule has 44 heavy (non-hydrogen) atoms. The molecule has 0 aliphatic heterocycles. The van der Waals surface area contributed by atoms with Crippen molar-refractivity contribution in [1.82, 2.24) is 10.3 Å². The van der Waals surface area contributed by atoms with Crippen molar-refractivity contribution in [3.05, 3.63) is 101 Å². The molecule has 0 fully saturated rings. The second kappa shape index (κ2) is 15.2. The van der Waals surface area contributed by atoms with E-state index in [0.29, 0.717) is 23.0 Å². The predicted octanol–water partition coefficient (Wildman–Crippen LogP) is 5.95. The van der Waals surface area contributed by atoms with E-state index in [2.05, 4.69) is 17.2 Å². The van der Waals surface area contributed by atoms with Crippen molar-refractivity contribution in [1.29, 1.82) is 0 Å². The highest BCUT2D eigenvalue weighted by Crippen LogP contribution is 2.31. The van der Waals surface area contributed by atoms with Crippen molar-refractivity contribution in [2.45, 2.75) is 39.0 Å². The van der Waals surface area contributed by atoms with Crippen molar-refractivity contribution < 1.29 is 32.3 Å². The molecule has 0 radical (unpaired) electrons. The normalized spacial score (nSPS) is 12.9. The molecule has 232 valence electrons. The van der Waals surface area contributed by atoms with Gasteiger partial charge in [0.15, 0.2) is 5.76 Å². The largest absolute Gasteiger partial charge is 0.480 e. The first-order chi connectivity index (χ1) is 21.1. The molecule has 0 aliphatic rings. The van der Waals surface area contributed by atoms with Crippen molar-refractivity contribution >= 4 is 33.5 Å². The Labute approximate surface area is 262 Å². The van der Waals surface area contributed by atoms with Crippen molar-refractivity contribution in [2.24, 2.45) is 0 Å². The Hall–Kier alpha value is -3.93. The number of aliphatic carboxylic acids is 1. The average molecular weight is 637 g/mol. The van der Waals surface area contributed by atoms with Crippen molar-refractivity contribution in [2.75, 3.05) is 23.5 Å². The lowest BCUT2D eigenvalue weighted by Gasteiger charge is -2.19. The number of rotatable bonds is 15. The summed E-state index contributed by atoms with van der Waals surface area (Å²) in [6.07, 6.45) is 2.12. The molecular formula is C33H36N2O7S2. The molecule has 3 aromatic carbocycles. The molecule has 4 rings (SSSR count). The standard InChI is InChI=1S/C33H36N2O7S2/c1-4-43-21-30(29-19-34-32(42-29)24-11-6-5-7-12-24)41-20-23-14-15-26(27(18-23)25-13-9-8-10-22(25)2)31(36)35-28(33(37)38)16-17-44(3,39)40/h5-15,18-19,28,30H,4,16-17,20-21H2,1-3H3,(H,35,36)(H,37,38). The van der Waals surface area contributed by atoms with Gasteiger partial charge in [-0.05, 0) is 65.6 Å². The maximum Gasteiger partial charge on any atom is 0.326 e. The fourth-order valence-corrected chi connectivity index (χ4v) is 5.96. The number of amides is 1. The maximum atomic E-state index is 13.4. The molecule has 0 saturated carbocycles. The van der Waals surface area contributed by atoms with Crippen LogP contribution < -0.4 is 5.32 Å². The van der Waals surface area contributed by atoms with Crippen LogP contribution in [0.1, 0.15) is 46.7 Å². The molecule has 1 amide bonds. The number of sulfone groups is 1. The van der Waals surface area contributed by atoms with Gasteiger partial charge in [-0.1, -0.05) is 55.5 Å². The number of ether oxygens (including phenoxy) is 1. The minimum absolute atomic E-state index is 0.225. The number of nitrogens with one attached hydrogen (secondary N) is 1. The molecule has 0 bridgehead atoms. The summed E-state index contributed by atoms with van der Waals surface area (Å²) >= 11 is 1.72. The summed E-state index contributed by atoms with van der Waals surface area (Å²) in [5.41, 5.74) is 4.30. The Balaban J connectivity index is 1.59. The van der Waals surface area contributed by atoms with Crippen molar-refractivity contribution in [3.8, 4) is 22.6 Å². The van der Waals surface area contributed by atoms with E-state index < -0.39 is 27.8 Å². The number of benzene rings is 3. The first kappa shape index (κ1) is 33.0. The number of nitrogens with zero attached hydrogens (tertiary/aromatic N) is 1. The van der Waals surface area contributed by atoms with Crippen LogP contribution in [0.25, 0.3) is 22.6 Å². The summed E-state index contributed by atoms with van der Waals surface area (Å²) in [5, 5.41) is 12.2. The molecular weight excluding hydrogens is 601 g/mol. The van der Waals surface area contributed by atoms with Crippen LogP contribution in [0.5, 0.6) is 0 Å². The fraction of sp³-hybridized carbons (Fsp3) is 0.303. The van der Waals surface area contributed by atoms with E-state index in [4.69, 9.17) is 9.15 Å². The quantitative estimate of drug-likeness (QED) is 0.162. The lowest BCUT2D eigenvalue weighted by molar-refractivity contribution is -0.139. The first-order valence-electron chi connectivity index (χ1n) is 14.2. The Kier molecular flexibility index (Phi) is 11.4. The van der Waals surface area contributed by atoms with E-state index in [1.165, 1.54) is 0 Å². The van der Waals surface area contributed by atoms with Gasteiger partial charge in [-0.25, -0.2) is 18.2 Å². The van der Waals surface area contributed by atoms with E-state index in [9.17, 15) is 23.1 Å². The van der Waals surface area contributed by atoms with Gasteiger partial charge in [0.2, 0.25) is 5.89 Å². The third kappa shape index (κ3) is 9.04. The van der Waals surface area contributed by atoms with Crippen LogP contribution in [-0.2, 0) is 26.0 Å². The summed E-state index contributed by atoms with van der Waals surface area (Å²) in [6, 6.07) is 21.1. The summed E-state index contributed by atoms with van der Waals surface area (Å²) in [5.74, 6) is 0.433. The fourth-order valence-electron chi connectivity index (χ4n) is 4.59. The highest BCUT2D eigenvalue weighted by molar-refractivity contribution is 7.99. The van der Waals surface area contributed by atoms with E-state index in [-0.39, 0.29) is 30.4 Å². The number of carbonyl (C=O) groups excluding carboxylic acids is 1. The van der Waals surface area contributed by atoms with E-state index >= 15 is 0 Å². The highest BCUT2D eigenvalue weighted by Gasteiger charge is 2.25. The Morgan fingerprint density at radius 3 is 2.45 bits per heavy atom. The smallest absolute Gasteiger partial charge is 0.326 e. The number of aryl methyl sites for hydroxylation is 1. The van der Waals surface area contributed by atoms with Gasteiger partial charge in [-0.15, -0.1) is 0 Å². The van der Waals surface area contributed by atoms with Crippen LogP contribution in [0.15, 0.2) is 83.4 Å². The van der Waals surface area contributed by atoms with Crippen LogP contribution in [0, 0.1) is 6.92 Å². The van der Waals surface area contributed by atoms with Crippen LogP contribution in [0.4, 0.5) is 0 Å². The van der Waals surface area contributed by atoms with Gasteiger partial charge in [0, 0.05) is 23.1 Å². The Morgan fingerprint density at radius 1 is 1.05 bits per heavy atom. The van der Waals surface area contributed by atoms with Gasteiger partial charge in [0.25, 0.3) is 5.91 Å². The lowest BCUT2D eigenvalue weighted by Crippen LogP contribution is -2.42. The predicted molar refractivity (Wildman–Crippen MR) is 172 cm³/mol. The topological polar surface area (TPSA) is 136 Å². The minimum atomic E-state index is -3.41. The number of carboxylic acid groups (broad SMARTS) is 1. The van der Waals surface area contributed by atoms with Gasteiger partial charge < -0.3 is 19.6 Å². The highest BCUT2D eigenvalue weighted by atomic mass is 32.2. The first-order valence-corrected chi connectivity index (χ1v) is 17.4. The molecule has 4 aromatic rings. The van der Waals surface area contributed by atoms with Gasteiger partial charge in [0.05, 0.1) is 18.6 Å². The Bertz CT molecular complexity index is 1690. The van der Waals surface area contributed by atoms with Gasteiger partial charge >= 0.3 is 5.97 Å². The summed E-state index contributed by atoms with van der Waals surface area (Å²) in [4.78, 5) is 29.7. The van der Waals surface area contributed by atoms with Crippen LogP contribution in [0.3, 0.4) is 0 Å².